The molecule has 38 heavy (non-hydrogen) atoms. The summed E-state index contributed by atoms with van der Waals surface area (Å²) in [6, 6.07) is 26.9. The zero-order chi connectivity index (χ0) is 29.8. The molecule has 0 radical (unpaired) electrons. The summed E-state index contributed by atoms with van der Waals surface area (Å²) in [5, 5.41) is 2.07. The quantitative estimate of drug-likeness (QED) is 0.247. The summed E-state index contributed by atoms with van der Waals surface area (Å²) < 4.78 is 58.1. The van der Waals surface area contributed by atoms with Gasteiger partial charge in [-0.3, -0.25) is 4.57 Å². The Kier molecular flexibility index (Phi) is 4.13. The van der Waals surface area contributed by atoms with Crippen LogP contribution in [0.3, 0.4) is 0 Å². The van der Waals surface area contributed by atoms with Crippen molar-refractivity contribution < 1.29 is 11.2 Å². The SMILES string of the molecule is [2H]c1c([2H])c([2H])c(-c2cc(-c3nc(-c4ccccc4)nc(-n4c5ccccc5c5ccccc54)n3)ccc2F)c([2H])c1[2H]. The Morgan fingerprint density at radius 1 is 0.579 bits per heavy atom. The van der Waals surface area contributed by atoms with Crippen LogP contribution in [0, 0.1) is 5.82 Å². The van der Waals surface area contributed by atoms with Crippen LogP contribution in [0.2, 0.25) is 0 Å². The minimum absolute atomic E-state index is 0.144. The number of nitrogens with zero attached hydrogens (tertiary/aromatic N) is 4. The van der Waals surface area contributed by atoms with Gasteiger partial charge in [0.2, 0.25) is 5.95 Å². The van der Waals surface area contributed by atoms with Crippen LogP contribution in [0.4, 0.5) is 4.39 Å². The summed E-state index contributed by atoms with van der Waals surface area (Å²) in [5.41, 5.74) is 2.57. The van der Waals surface area contributed by atoms with Crippen LogP contribution in [-0.4, -0.2) is 19.5 Å². The first-order valence-corrected chi connectivity index (χ1v) is 12.0. The molecule has 180 valence electrons. The van der Waals surface area contributed by atoms with Crippen molar-refractivity contribution >= 4 is 21.8 Å². The van der Waals surface area contributed by atoms with Crippen LogP contribution in [0.15, 0.2) is 127 Å². The first-order valence-electron chi connectivity index (χ1n) is 14.5. The van der Waals surface area contributed by atoms with E-state index in [0.717, 1.165) is 27.4 Å². The number of aromatic nitrogens is 4. The Balaban J connectivity index is 1.51. The van der Waals surface area contributed by atoms with E-state index in [9.17, 15) is 0 Å². The van der Waals surface area contributed by atoms with Gasteiger partial charge in [0, 0.05) is 27.5 Å². The van der Waals surface area contributed by atoms with E-state index < -0.39 is 36.0 Å². The Labute approximate surface area is 225 Å². The number of hydrogen-bond donors (Lipinski definition) is 0. The average molecular weight is 498 g/mol. The molecule has 5 aromatic carbocycles. The minimum atomic E-state index is -0.734. The van der Waals surface area contributed by atoms with Gasteiger partial charge >= 0.3 is 0 Å². The van der Waals surface area contributed by atoms with Crippen LogP contribution >= 0.6 is 0 Å². The van der Waals surface area contributed by atoms with Crippen molar-refractivity contribution in [3.63, 3.8) is 0 Å². The molecular weight excluding hydrogens is 471 g/mol. The third-order valence-corrected chi connectivity index (χ3v) is 6.43. The molecule has 7 aromatic rings. The number of fused-ring (bicyclic) bond motifs is 3. The molecule has 0 aliphatic carbocycles. The normalized spacial score (nSPS) is 13.1. The van der Waals surface area contributed by atoms with Crippen molar-refractivity contribution in [3.8, 4) is 39.9 Å². The fraction of sp³-hybridized carbons (Fsp3) is 0. The molecule has 0 spiro atoms. The molecule has 0 saturated carbocycles. The fourth-order valence-corrected chi connectivity index (χ4v) is 4.69. The van der Waals surface area contributed by atoms with Gasteiger partial charge in [0.05, 0.1) is 17.9 Å². The van der Waals surface area contributed by atoms with Crippen LogP contribution < -0.4 is 0 Å². The molecule has 0 bridgehead atoms. The maximum absolute atomic E-state index is 15.3. The molecule has 0 aliphatic rings. The maximum atomic E-state index is 15.3. The Hall–Kier alpha value is -5.16. The summed E-state index contributed by atoms with van der Waals surface area (Å²) >= 11 is 0. The molecule has 2 heterocycles. The largest absolute Gasteiger partial charge is 0.278 e. The topological polar surface area (TPSA) is 43.6 Å². The predicted octanol–water partition coefficient (Wildman–Crippen LogP) is 8.11. The highest BCUT2D eigenvalue weighted by atomic mass is 19.1. The number of halogens is 1. The lowest BCUT2D eigenvalue weighted by molar-refractivity contribution is 0.631. The molecule has 4 nitrogen and oxygen atoms in total. The summed E-state index contributed by atoms with van der Waals surface area (Å²) in [6.45, 7) is 0. The summed E-state index contributed by atoms with van der Waals surface area (Å²) in [6.07, 6.45) is 0. The Bertz CT molecular complexity index is 2130. The molecule has 2 aromatic heterocycles. The van der Waals surface area contributed by atoms with Crippen molar-refractivity contribution in [3.05, 3.63) is 133 Å². The predicted molar refractivity (Wildman–Crippen MR) is 150 cm³/mol. The summed E-state index contributed by atoms with van der Waals surface area (Å²) in [4.78, 5) is 14.5. The maximum Gasteiger partial charge on any atom is 0.238 e. The molecule has 0 unspecified atom stereocenters. The van der Waals surface area contributed by atoms with Gasteiger partial charge in [-0.15, -0.1) is 0 Å². The number of rotatable bonds is 4. The van der Waals surface area contributed by atoms with Gasteiger partial charge < -0.3 is 0 Å². The minimum Gasteiger partial charge on any atom is -0.278 e. The number of hydrogen-bond acceptors (Lipinski definition) is 3. The molecule has 0 saturated heterocycles. The van der Waals surface area contributed by atoms with E-state index in [2.05, 4.69) is 0 Å². The average Bonchev–Trinajstić information content (AvgIpc) is 3.38. The highest BCUT2D eigenvalue weighted by Gasteiger charge is 2.18. The van der Waals surface area contributed by atoms with Crippen LogP contribution in [0.25, 0.3) is 61.7 Å². The zero-order valence-corrected chi connectivity index (χ0v) is 19.9. The second-order valence-corrected chi connectivity index (χ2v) is 8.71. The Morgan fingerprint density at radius 2 is 1.18 bits per heavy atom. The van der Waals surface area contributed by atoms with E-state index in [1.54, 1.807) is 0 Å². The van der Waals surface area contributed by atoms with E-state index in [0.29, 0.717) is 17.3 Å². The Morgan fingerprint density at radius 3 is 1.87 bits per heavy atom. The van der Waals surface area contributed by atoms with Crippen molar-refractivity contribution in [1.29, 1.82) is 0 Å². The first kappa shape index (κ1) is 17.3. The van der Waals surface area contributed by atoms with E-state index in [1.165, 1.54) is 18.2 Å². The van der Waals surface area contributed by atoms with Crippen molar-refractivity contribution in [1.82, 2.24) is 19.5 Å². The van der Waals surface area contributed by atoms with E-state index in [4.69, 9.17) is 21.8 Å². The van der Waals surface area contributed by atoms with Crippen molar-refractivity contribution in [2.24, 2.45) is 0 Å². The van der Waals surface area contributed by atoms with Gasteiger partial charge in [-0.05, 0) is 35.9 Å². The lowest BCUT2D eigenvalue weighted by Gasteiger charge is -2.12. The van der Waals surface area contributed by atoms with E-state index >= 15 is 4.39 Å². The zero-order valence-electron chi connectivity index (χ0n) is 24.9. The highest BCUT2D eigenvalue weighted by Crippen LogP contribution is 2.33. The van der Waals surface area contributed by atoms with Crippen LogP contribution in [0.5, 0.6) is 0 Å². The first-order chi connectivity index (χ1) is 20.8. The second-order valence-electron chi connectivity index (χ2n) is 8.71. The van der Waals surface area contributed by atoms with E-state index in [-0.39, 0.29) is 17.0 Å². The third kappa shape index (κ3) is 3.73. The van der Waals surface area contributed by atoms with E-state index in [1.807, 2.05) is 83.4 Å². The molecule has 0 N–H and O–H groups in total. The van der Waals surface area contributed by atoms with Gasteiger partial charge in [0.25, 0.3) is 0 Å². The van der Waals surface area contributed by atoms with Gasteiger partial charge in [0.15, 0.2) is 11.6 Å². The van der Waals surface area contributed by atoms with Crippen molar-refractivity contribution in [2.45, 2.75) is 0 Å². The molecule has 0 fully saturated rings. The lowest BCUT2D eigenvalue weighted by atomic mass is 10.0. The molecule has 7 rings (SSSR count). The highest BCUT2D eigenvalue weighted by molar-refractivity contribution is 6.08. The summed E-state index contributed by atoms with van der Waals surface area (Å²) in [7, 11) is 0. The van der Waals surface area contributed by atoms with Gasteiger partial charge in [-0.1, -0.05) is 96.9 Å². The van der Waals surface area contributed by atoms with Gasteiger partial charge in [-0.25, -0.2) is 9.37 Å². The molecule has 5 heteroatoms. The number of para-hydroxylation sites is 2. The third-order valence-electron chi connectivity index (χ3n) is 6.43. The van der Waals surface area contributed by atoms with Crippen LogP contribution in [-0.2, 0) is 0 Å². The summed E-state index contributed by atoms with van der Waals surface area (Å²) in [5.74, 6) is 0.257. The lowest BCUT2D eigenvalue weighted by Crippen LogP contribution is -2.06. The van der Waals surface area contributed by atoms with Crippen LogP contribution in [0.1, 0.15) is 6.85 Å². The second kappa shape index (κ2) is 9.05. The van der Waals surface area contributed by atoms with Gasteiger partial charge in [-0.2, -0.15) is 9.97 Å². The van der Waals surface area contributed by atoms with Gasteiger partial charge in [0.1, 0.15) is 5.82 Å². The monoisotopic (exact) mass is 497 g/mol. The standard InChI is InChI=1S/C33H21FN4/c34-28-20-19-24(21-27(28)22-11-3-1-4-12-22)32-35-31(23-13-5-2-6-14-23)36-33(37-32)38-29-17-9-7-15-25(29)26-16-8-10-18-30(26)38/h1-21H/i1D,3D,4D,11D,12D. The smallest absolute Gasteiger partial charge is 0.238 e. The molecule has 0 atom stereocenters. The molecular formula is C33H21FN4. The molecule has 0 amide bonds. The molecule has 0 aliphatic heterocycles. The van der Waals surface area contributed by atoms with Crippen molar-refractivity contribution in [2.75, 3.05) is 0 Å². The fourth-order valence-electron chi connectivity index (χ4n) is 4.69. The number of benzene rings is 5.